The smallest absolute Gasteiger partial charge is 0.174 e. The average molecular weight is 520 g/mol. The first-order valence-corrected chi connectivity index (χ1v) is 12.6. The summed E-state index contributed by atoms with van der Waals surface area (Å²) in [7, 11) is 1.64. The minimum absolute atomic E-state index is 0.144. The van der Waals surface area contributed by atoms with E-state index in [2.05, 4.69) is 43.1 Å². The molecular weight excluding hydrogens is 494 g/mol. The molecule has 188 valence electrons. The molecule has 2 atom stereocenters. The van der Waals surface area contributed by atoms with Gasteiger partial charge in [-0.15, -0.1) is 0 Å². The number of benzene rings is 2. The van der Waals surface area contributed by atoms with Crippen LogP contribution in [0.4, 0.5) is 5.69 Å². The number of hydrogen-bond donors (Lipinski definition) is 1. The standard InChI is InChI=1S/C30H25N5O2S/c1-36-23-11-13-25(14-12-23)37-24-9-7-22(8-10-24)35-29(28(33-30(35)38)26-5-2-3-17-32-26)27-6-4-20-34(27)21-15-18-31-19-16-21/h2-20,28-29H,1H3,(H,33,38)/t28-,29+/m1/s1. The summed E-state index contributed by atoms with van der Waals surface area (Å²) in [5, 5.41) is 4.16. The Bertz CT molecular complexity index is 1520. The molecule has 3 aromatic heterocycles. The van der Waals surface area contributed by atoms with Crippen LogP contribution in [0.3, 0.4) is 0 Å². The van der Waals surface area contributed by atoms with Crippen LogP contribution in [0.25, 0.3) is 5.69 Å². The van der Waals surface area contributed by atoms with Crippen LogP contribution < -0.4 is 19.7 Å². The lowest BCUT2D eigenvalue weighted by molar-refractivity contribution is 0.413. The Morgan fingerprint density at radius 3 is 2.16 bits per heavy atom. The third-order valence-electron chi connectivity index (χ3n) is 6.53. The second kappa shape index (κ2) is 10.4. The van der Waals surface area contributed by atoms with Crippen LogP contribution in [0.1, 0.15) is 23.5 Å². The third kappa shape index (κ3) is 4.57. The van der Waals surface area contributed by atoms with E-state index < -0.39 is 0 Å². The molecule has 0 unspecified atom stereocenters. The van der Waals surface area contributed by atoms with E-state index in [4.69, 9.17) is 21.7 Å². The molecule has 1 saturated heterocycles. The van der Waals surface area contributed by atoms with E-state index in [-0.39, 0.29) is 12.1 Å². The molecule has 0 spiro atoms. The average Bonchev–Trinajstić information content (AvgIpc) is 3.59. The number of nitrogens with one attached hydrogen (secondary N) is 1. The number of ether oxygens (including phenoxy) is 2. The van der Waals surface area contributed by atoms with E-state index in [1.807, 2.05) is 85.1 Å². The fourth-order valence-electron chi connectivity index (χ4n) is 4.76. The van der Waals surface area contributed by atoms with Gasteiger partial charge in [-0.05, 0) is 97.1 Å². The molecule has 0 radical (unpaired) electrons. The maximum Gasteiger partial charge on any atom is 0.174 e. The number of rotatable bonds is 7. The van der Waals surface area contributed by atoms with Gasteiger partial charge in [-0.25, -0.2) is 0 Å². The number of nitrogens with zero attached hydrogens (tertiary/aromatic N) is 4. The fraction of sp³-hybridized carbons (Fsp3) is 0.100. The number of thiocarbonyl (C=S) groups is 1. The number of pyridine rings is 2. The van der Waals surface area contributed by atoms with E-state index in [0.717, 1.165) is 40.0 Å². The van der Waals surface area contributed by atoms with Crippen molar-refractivity contribution >= 4 is 23.0 Å². The lowest BCUT2D eigenvalue weighted by Crippen LogP contribution is -2.30. The molecule has 1 N–H and O–H groups in total. The first-order chi connectivity index (χ1) is 18.7. The second-order valence-corrected chi connectivity index (χ2v) is 9.16. The van der Waals surface area contributed by atoms with Crippen LogP contribution in [-0.4, -0.2) is 26.8 Å². The highest BCUT2D eigenvalue weighted by Gasteiger charge is 2.42. The van der Waals surface area contributed by atoms with E-state index in [9.17, 15) is 0 Å². The van der Waals surface area contributed by atoms with Gasteiger partial charge in [-0.3, -0.25) is 9.97 Å². The van der Waals surface area contributed by atoms with Gasteiger partial charge in [0.25, 0.3) is 0 Å². The molecule has 2 aromatic carbocycles. The molecule has 8 heteroatoms. The molecule has 1 aliphatic rings. The topological polar surface area (TPSA) is 64.4 Å². The van der Waals surface area contributed by atoms with Crippen LogP contribution in [0, 0.1) is 0 Å². The fourth-order valence-corrected chi connectivity index (χ4v) is 5.11. The summed E-state index contributed by atoms with van der Waals surface area (Å²) in [5.41, 5.74) is 3.98. The zero-order valence-corrected chi connectivity index (χ0v) is 21.5. The predicted octanol–water partition coefficient (Wildman–Crippen LogP) is 6.25. The number of aromatic nitrogens is 3. The Labute approximate surface area is 226 Å². The van der Waals surface area contributed by atoms with Crippen LogP contribution in [0.2, 0.25) is 0 Å². The Hall–Kier alpha value is -4.69. The normalized spacial score (nSPS) is 16.8. The lowest BCUT2D eigenvalue weighted by atomic mass is 10.0. The van der Waals surface area contributed by atoms with E-state index >= 15 is 0 Å². The first-order valence-electron chi connectivity index (χ1n) is 12.2. The van der Waals surface area contributed by atoms with Crippen molar-refractivity contribution in [1.29, 1.82) is 0 Å². The minimum Gasteiger partial charge on any atom is -0.497 e. The van der Waals surface area contributed by atoms with Gasteiger partial charge < -0.3 is 24.3 Å². The summed E-state index contributed by atoms with van der Waals surface area (Å²) in [5.74, 6) is 2.25. The molecule has 6 rings (SSSR count). The Kier molecular flexibility index (Phi) is 6.46. The maximum absolute atomic E-state index is 6.05. The van der Waals surface area contributed by atoms with Gasteiger partial charge in [0.05, 0.1) is 18.8 Å². The van der Waals surface area contributed by atoms with Gasteiger partial charge in [0.15, 0.2) is 5.11 Å². The van der Waals surface area contributed by atoms with Gasteiger partial charge >= 0.3 is 0 Å². The molecule has 4 heterocycles. The van der Waals surface area contributed by atoms with Crippen molar-refractivity contribution in [2.24, 2.45) is 0 Å². The van der Waals surface area contributed by atoms with E-state index in [0.29, 0.717) is 5.11 Å². The van der Waals surface area contributed by atoms with Crippen molar-refractivity contribution in [3.63, 3.8) is 0 Å². The molecule has 5 aromatic rings. The van der Waals surface area contributed by atoms with Crippen molar-refractivity contribution in [1.82, 2.24) is 19.9 Å². The van der Waals surface area contributed by atoms with Crippen molar-refractivity contribution < 1.29 is 9.47 Å². The van der Waals surface area contributed by atoms with Gasteiger partial charge in [-0.2, -0.15) is 0 Å². The Morgan fingerprint density at radius 1 is 0.763 bits per heavy atom. The molecule has 1 aliphatic heterocycles. The second-order valence-electron chi connectivity index (χ2n) is 8.78. The minimum atomic E-state index is -0.145. The van der Waals surface area contributed by atoms with Crippen molar-refractivity contribution in [2.75, 3.05) is 12.0 Å². The summed E-state index contributed by atoms with van der Waals surface area (Å²) in [6, 6.07) is 29.3. The molecule has 0 aliphatic carbocycles. The van der Waals surface area contributed by atoms with Crippen molar-refractivity contribution in [2.45, 2.75) is 12.1 Å². The van der Waals surface area contributed by atoms with Gasteiger partial charge in [-0.1, -0.05) is 6.07 Å². The third-order valence-corrected chi connectivity index (χ3v) is 6.85. The van der Waals surface area contributed by atoms with E-state index in [1.54, 1.807) is 19.5 Å². The number of hydrogen-bond acceptors (Lipinski definition) is 5. The summed E-state index contributed by atoms with van der Waals surface area (Å²) in [4.78, 5) is 11.0. The summed E-state index contributed by atoms with van der Waals surface area (Å²) in [6.07, 6.45) is 7.47. The highest BCUT2D eigenvalue weighted by molar-refractivity contribution is 7.80. The van der Waals surface area contributed by atoms with Gasteiger partial charge in [0.1, 0.15) is 23.3 Å². The van der Waals surface area contributed by atoms with Crippen LogP contribution in [0.15, 0.2) is 116 Å². The van der Waals surface area contributed by atoms with Crippen molar-refractivity contribution in [3.05, 3.63) is 127 Å². The van der Waals surface area contributed by atoms with Gasteiger partial charge in [0.2, 0.25) is 0 Å². The molecular formula is C30H25N5O2S. The molecule has 0 amide bonds. The Balaban J connectivity index is 1.36. The maximum atomic E-state index is 6.05. The highest BCUT2D eigenvalue weighted by Crippen LogP contribution is 2.42. The molecule has 38 heavy (non-hydrogen) atoms. The summed E-state index contributed by atoms with van der Waals surface area (Å²) < 4.78 is 13.5. The van der Waals surface area contributed by atoms with E-state index in [1.165, 1.54) is 0 Å². The quantitative estimate of drug-likeness (QED) is 0.255. The SMILES string of the molecule is COc1ccc(Oc2ccc(N3C(=S)N[C@H](c4ccccn4)[C@@H]3c3cccn3-c3ccncc3)cc2)cc1. The molecule has 7 nitrogen and oxygen atoms in total. The predicted molar refractivity (Wildman–Crippen MR) is 151 cm³/mol. The monoisotopic (exact) mass is 519 g/mol. The zero-order chi connectivity index (χ0) is 25.9. The largest absolute Gasteiger partial charge is 0.497 e. The number of anilines is 1. The zero-order valence-electron chi connectivity index (χ0n) is 20.6. The Morgan fingerprint density at radius 2 is 1.47 bits per heavy atom. The molecule has 0 saturated carbocycles. The summed E-state index contributed by atoms with van der Waals surface area (Å²) >= 11 is 5.90. The highest BCUT2D eigenvalue weighted by atomic mass is 32.1. The van der Waals surface area contributed by atoms with Crippen molar-refractivity contribution in [3.8, 4) is 22.9 Å². The summed E-state index contributed by atoms with van der Waals surface area (Å²) in [6.45, 7) is 0. The lowest BCUT2D eigenvalue weighted by Gasteiger charge is -2.29. The first kappa shape index (κ1) is 23.7. The van der Waals surface area contributed by atoms with Crippen LogP contribution in [-0.2, 0) is 0 Å². The van der Waals surface area contributed by atoms with Gasteiger partial charge in [0, 0.05) is 41.9 Å². The van der Waals surface area contributed by atoms with Crippen LogP contribution in [0.5, 0.6) is 17.2 Å². The van der Waals surface area contributed by atoms with Crippen LogP contribution >= 0.6 is 12.2 Å². The molecule has 0 bridgehead atoms. The molecule has 1 fully saturated rings. The number of methoxy groups -OCH3 is 1.